The lowest BCUT2D eigenvalue weighted by Crippen LogP contribution is -2.45. The van der Waals surface area contributed by atoms with Gasteiger partial charge in [0, 0.05) is 17.2 Å². The number of nitro groups is 1. The third-order valence-electron chi connectivity index (χ3n) is 3.89. The number of hydrogen-bond acceptors (Lipinski definition) is 6. The number of hydrogen-bond donors (Lipinski definition) is 1. The van der Waals surface area contributed by atoms with E-state index in [-0.39, 0.29) is 32.9 Å². The Morgan fingerprint density at radius 3 is 2.45 bits per heavy atom. The van der Waals surface area contributed by atoms with Crippen LogP contribution in [0.2, 0.25) is 10.0 Å². The number of sulfonamides is 1. The Kier molecular flexibility index (Phi) is 6.93. The van der Waals surface area contributed by atoms with Crippen LogP contribution in [-0.2, 0) is 14.8 Å². The number of carbonyl (C=O) groups excluding carboxylic acids is 1. The molecule has 0 aliphatic rings. The van der Waals surface area contributed by atoms with Gasteiger partial charge in [0.2, 0.25) is 15.9 Å². The smallest absolute Gasteiger partial charge is 0.271 e. The van der Waals surface area contributed by atoms with Gasteiger partial charge in [-0.25, -0.2) is 8.42 Å². The van der Waals surface area contributed by atoms with Crippen molar-refractivity contribution in [2.75, 3.05) is 23.0 Å². The van der Waals surface area contributed by atoms with Crippen molar-refractivity contribution < 1.29 is 22.9 Å². The minimum absolute atomic E-state index is 0.0178. The Labute approximate surface area is 177 Å². The Balaban J connectivity index is 2.44. The Morgan fingerprint density at radius 2 is 1.90 bits per heavy atom. The van der Waals surface area contributed by atoms with E-state index in [2.05, 4.69) is 5.32 Å². The molecule has 0 saturated heterocycles. The van der Waals surface area contributed by atoms with Gasteiger partial charge < -0.3 is 10.1 Å². The van der Waals surface area contributed by atoms with Gasteiger partial charge >= 0.3 is 0 Å². The average molecular weight is 462 g/mol. The van der Waals surface area contributed by atoms with Crippen molar-refractivity contribution in [3.63, 3.8) is 0 Å². The van der Waals surface area contributed by atoms with Crippen molar-refractivity contribution in [2.24, 2.45) is 0 Å². The standard InChI is InChI=1S/C17H17Cl2N3O6S/c1-10(21(29(3,26)27)15-8-11(18)4-6-13(15)19)17(23)20-14-9-12(22(24)25)5-7-16(14)28-2/h4-10H,1-3H3,(H,20,23). The van der Waals surface area contributed by atoms with Crippen LogP contribution in [0.25, 0.3) is 0 Å². The minimum Gasteiger partial charge on any atom is -0.495 e. The summed E-state index contributed by atoms with van der Waals surface area (Å²) < 4.78 is 30.7. The van der Waals surface area contributed by atoms with Crippen molar-refractivity contribution in [3.05, 3.63) is 56.6 Å². The molecule has 0 aliphatic carbocycles. The monoisotopic (exact) mass is 461 g/mol. The SMILES string of the molecule is COc1ccc([N+](=O)[O-])cc1NC(=O)C(C)N(c1cc(Cl)ccc1Cl)S(C)(=O)=O. The number of nitrogens with one attached hydrogen (secondary N) is 1. The van der Waals surface area contributed by atoms with E-state index in [1.165, 1.54) is 44.4 Å². The van der Waals surface area contributed by atoms with Crippen LogP contribution in [0, 0.1) is 10.1 Å². The number of rotatable bonds is 7. The normalized spacial score (nSPS) is 12.2. The fraction of sp³-hybridized carbons (Fsp3) is 0.235. The zero-order valence-electron chi connectivity index (χ0n) is 15.5. The molecule has 0 radical (unpaired) electrons. The average Bonchev–Trinajstić information content (AvgIpc) is 2.63. The summed E-state index contributed by atoms with van der Waals surface area (Å²) in [5.41, 5.74) is -0.230. The van der Waals surface area contributed by atoms with Crippen molar-refractivity contribution in [1.82, 2.24) is 0 Å². The summed E-state index contributed by atoms with van der Waals surface area (Å²) in [7, 11) is -2.61. The molecule has 0 spiro atoms. The molecule has 2 aromatic carbocycles. The van der Waals surface area contributed by atoms with Gasteiger partial charge in [-0.2, -0.15) is 0 Å². The Morgan fingerprint density at radius 1 is 1.24 bits per heavy atom. The number of ether oxygens (including phenoxy) is 1. The fourth-order valence-corrected chi connectivity index (χ4v) is 4.18. The van der Waals surface area contributed by atoms with E-state index in [9.17, 15) is 23.3 Å². The summed E-state index contributed by atoms with van der Waals surface area (Å²) in [5, 5.41) is 13.8. The molecule has 9 nitrogen and oxygen atoms in total. The lowest BCUT2D eigenvalue weighted by atomic mass is 10.2. The third-order valence-corrected chi connectivity index (χ3v) is 5.67. The largest absolute Gasteiger partial charge is 0.495 e. The highest BCUT2D eigenvalue weighted by Crippen LogP contribution is 2.33. The van der Waals surface area contributed by atoms with Crippen LogP contribution in [0.15, 0.2) is 36.4 Å². The quantitative estimate of drug-likeness (QED) is 0.495. The van der Waals surface area contributed by atoms with E-state index in [1.54, 1.807) is 0 Å². The van der Waals surface area contributed by atoms with Crippen molar-refractivity contribution in [2.45, 2.75) is 13.0 Å². The second-order valence-corrected chi connectivity index (χ2v) is 8.66. The Hall–Kier alpha value is -2.56. The molecule has 0 fully saturated rings. The predicted octanol–water partition coefficient (Wildman–Crippen LogP) is 3.70. The summed E-state index contributed by atoms with van der Waals surface area (Å²) in [6.45, 7) is 1.34. The Bertz CT molecular complexity index is 1060. The first kappa shape index (κ1) is 22.7. The van der Waals surface area contributed by atoms with Crippen LogP contribution in [-0.4, -0.2) is 38.7 Å². The van der Waals surface area contributed by atoms with E-state index < -0.39 is 26.9 Å². The first-order valence-corrected chi connectivity index (χ1v) is 10.6. The van der Waals surface area contributed by atoms with Crippen LogP contribution in [0.4, 0.5) is 17.1 Å². The van der Waals surface area contributed by atoms with Gasteiger partial charge in [-0.3, -0.25) is 19.2 Å². The molecule has 0 aliphatic heterocycles. The van der Waals surface area contributed by atoms with Crippen LogP contribution in [0.1, 0.15) is 6.92 Å². The number of benzene rings is 2. The van der Waals surface area contributed by atoms with Gasteiger partial charge in [0.1, 0.15) is 11.8 Å². The van der Waals surface area contributed by atoms with Crippen LogP contribution >= 0.6 is 23.2 Å². The van der Waals surface area contributed by atoms with Gasteiger partial charge in [0.05, 0.1) is 34.7 Å². The molecule has 156 valence electrons. The summed E-state index contributed by atoms with van der Waals surface area (Å²) in [6, 6.07) is 6.60. The number of halogens is 2. The molecule has 1 unspecified atom stereocenters. The van der Waals surface area contributed by atoms with Gasteiger partial charge in [0.15, 0.2) is 0 Å². The number of non-ortho nitro benzene ring substituents is 1. The maximum Gasteiger partial charge on any atom is 0.271 e. The molecule has 12 heteroatoms. The summed E-state index contributed by atoms with van der Waals surface area (Å²) in [4.78, 5) is 23.2. The second-order valence-electron chi connectivity index (χ2n) is 5.96. The molecule has 0 saturated carbocycles. The minimum atomic E-state index is -3.94. The van der Waals surface area contributed by atoms with E-state index in [0.29, 0.717) is 0 Å². The van der Waals surface area contributed by atoms with E-state index in [4.69, 9.17) is 27.9 Å². The van der Waals surface area contributed by atoms with E-state index in [1.807, 2.05) is 0 Å². The molecule has 29 heavy (non-hydrogen) atoms. The first-order chi connectivity index (χ1) is 13.5. The molecular weight excluding hydrogens is 445 g/mol. The predicted molar refractivity (Wildman–Crippen MR) is 112 cm³/mol. The number of anilines is 2. The number of nitro benzene ring substituents is 1. The number of methoxy groups -OCH3 is 1. The molecule has 1 N–H and O–H groups in total. The topological polar surface area (TPSA) is 119 Å². The molecule has 2 aromatic rings. The van der Waals surface area contributed by atoms with Gasteiger partial charge in [-0.05, 0) is 31.2 Å². The second kappa shape index (κ2) is 8.85. The third kappa shape index (κ3) is 5.28. The lowest BCUT2D eigenvalue weighted by Gasteiger charge is -2.29. The zero-order valence-corrected chi connectivity index (χ0v) is 17.9. The maximum atomic E-state index is 12.8. The highest BCUT2D eigenvalue weighted by atomic mass is 35.5. The highest BCUT2D eigenvalue weighted by Gasteiger charge is 2.31. The maximum absolute atomic E-state index is 12.8. The molecular formula is C17H17Cl2N3O6S. The fourth-order valence-electron chi connectivity index (χ4n) is 2.58. The molecule has 0 heterocycles. The summed E-state index contributed by atoms with van der Waals surface area (Å²) >= 11 is 12.1. The molecule has 1 atom stereocenters. The van der Waals surface area contributed by atoms with Crippen molar-refractivity contribution >= 4 is 56.2 Å². The van der Waals surface area contributed by atoms with Crippen LogP contribution < -0.4 is 14.4 Å². The molecule has 0 bridgehead atoms. The summed E-state index contributed by atoms with van der Waals surface area (Å²) in [5.74, 6) is -0.590. The van der Waals surface area contributed by atoms with Gasteiger partial charge in [-0.15, -0.1) is 0 Å². The summed E-state index contributed by atoms with van der Waals surface area (Å²) in [6.07, 6.45) is 0.919. The molecule has 2 rings (SSSR count). The van der Waals surface area contributed by atoms with E-state index in [0.717, 1.165) is 16.6 Å². The van der Waals surface area contributed by atoms with Crippen LogP contribution in [0.3, 0.4) is 0 Å². The lowest BCUT2D eigenvalue weighted by molar-refractivity contribution is -0.384. The first-order valence-electron chi connectivity index (χ1n) is 8.03. The van der Waals surface area contributed by atoms with Gasteiger partial charge in [-0.1, -0.05) is 23.2 Å². The number of nitrogens with zero attached hydrogens (tertiary/aromatic N) is 2. The van der Waals surface area contributed by atoms with E-state index >= 15 is 0 Å². The molecule has 1 amide bonds. The highest BCUT2D eigenvalue weighted by molar-refractivity contribution is 7.92. The number of amides is 1. The van der Waals surface area contributed by atoms with Crippen molar-refractivity contribution in [3.8, 4) is 5.75 Å². The number of carbonyl (C=O) groups is 1. The van der Waals surface area contributed by atoms with Crippen LogP contribution in [0.5, 0.6) is 5.75 Å². The van der Waals surface area contributed by atoms with Gasteiger partial charge in [0.25, 0.3) is 5.69 Å². The zero-order chi connectivity index (χ0) is 21.9. The van der Waals surface area contributed by atoms with Crippen molar-refractivity contribution in [1.29, 1.82) is 0 Å². The molecule has 0 aromatic heterocycles.